The van der Waals surface area contributed by atoms with Crippen molar-refractivity contribution in [3.05, 3.63) is 66.1 Å². The third kappa shape index (κ3) is 5.76. The monoisotopic (exact) mass is 432 g/mol. The molecule has 1 aromatic heterocycles. The molecule has 0 saturated carbocycles. The molecule has 2 aromatic carbocycles. The number of aromatic nitrogens is 2. The molecule has 2 heterocycles. The molecule has 0 aliphatic carbocycles. The van der Waals surface area contributed by atoms with E-state index in [0.29, 0.717) is 23.5 Å². The van der Waals surface area contributed by atoms with Crippen LogP contribution < -0.4 is 24.8 Å². The SMILES string of the molecule is COc1ccc(/C=C/c2ncc(NC[C@@H]3CCCN3)c(Oc3ccc(OC)cc3)n2)cc1. The summed E-state index contributed by atoms with van der Waals surface area (Å²) in [7, 11) is 3.29. The Hall–Kier alpha value is -3.58. The van der Waals surface area contributed by atoms with Crippen LogP contribution in [0.25, 0.3) is 12.2 Å². The van der Waals surface area contributed by atoms with E-state index in [0.717, 1.165) is 42.3 Å². The molecule has 0 spiro atoms. The van der Waals surface area contributed by atoms with E-state index in [4.69, 9.17) is 14.2 Å². The van der Waals surface area contributed by atoms with Gasteiger partial charge in [0.05, 0.1) is 20.4 Å². The van der Waals surface area contributed by atoms with Gasteiger partial charge in [-0.3, -0.25) is 0 Å². The number of anilines is 1. The van der Waals surface area contributed by atoms with Gasteiger partial charge in [0.1, 0.15) is 22.9 Å². The van der Waals surface area contributed by atoms with Crippen molar-refractivity contribution in [2.45, 2.75) is 18.9 Å². The van der Waals surface area contributed by atoms with Crippen LogP contribution in [0.5, 0.6) is 23.1 Å². The van der Waals surface area contributed by atoms with E-state index in [1.54, 1.807) is 20.4 Å². The summed E-state index contributed by atoms with van der Waals surface area (Å²) in [5.41, 5.74) is 1.79. The standard InChI is InChI=1S/C25H28N4O3/c1-30-20-8-5-18(6-9-20)7-14-24-28-17-23(27-16-19-4-3-15-26-19)25(29-24)32-22-12-10-21(31-2)11-13-22/h5-14,17,19,26-27H,3-4,15-16H2,1-2H3/b14-7+/t19-/m0/s1. The summed E-state index contributed by atoms with van der Waals surface area (Å²) >= 11 is 0. The Morgan fingerprint density at radius 1 is 0.969 bits per heavy atom. The molecule has 1 aliphatic heterocycles. The molecule has 32 heavy (non-hydrogen) atoms. The Balaban J connectivity index is 1.53. The summed E-state index contributed by atoms with van der Waals surface area (Å²) in [6, 6.07) is 15.7. The van der Waals surface area contributed by atoms with E-state index >= 15 is 0 Å². The van der Waals surface area contributed by atoms with Crippen LogP contribution in [0, 0.1) is 0 Å². The van der Waals surface area contributed by atoms with Crippen LogP contribution in [0.4, 0.5) is 5.69 Å². The molecule has 1 fully saturated rings. The van der Waals surface area contributed by atoms with Gasteiger partial charge in [0.2, 0.25) is 5.88 Å². The van der Waals surface area contributed by atoms with Gasteiger partial charge in [0.15, 0.2) is 5.82 Å². The van der Waals surface area contributed by atoms with Crippen LogP contribution in [0.2, 0.25) is 0 Å². The van der Waals surface area contributed by atoms with E-state index in [9.17, 15) is 0 Å². The van der Waals surface area contributed by atoms with Gasteiger partial charge in [-0.15, -0.1) is 0 Å². The van der Waals surface area contributed by atoms with E-state index in [1.165, 1.54) is 6.42 Å². The Labute approximate surface area is 188 Å². The second-order valence-corrected chi connectivity index (χ2v) is 7.51. The fraction of sp³-hybridized carbons (Fsp3) is 0.280. The van der Waals surface area contributed by atoms with Gasteiger partial charge in [-0.25, -0.2) is 4.98 Å². The summed E-state index contributed by atoms with van der Waals surface area (Å²) < 4.78 is 16.5. The van der Waals surface area contributed by atoms with Crippen LogP contribution in [0.1, 0.15) is 24.2 Å². The molecular formula is C25H28N4O3. The average molecular weight is 433 g/mol. The first-order valence-electron chi connectivity index (χ1n) is 10.7. The van der Waals surface area contributed by atoms with Crippen LogP contribution in [-0.4, -0.2) is 43.3 Å². The lowest BCUT2D eigenvalue weighted by Crippen LogP contribution is -2.29. The van der Waals surface area contributed by atoms with E-state index in [-0.39, 0.29) is 0 Å². The van der Waals surface area contributed by atoms with Crippen molar-refractivity contribution < 1.29 is 14.2 Å². The van der Waals surface area contributed by atoms with E-state index in [2.05, 4.69) is 20.6 Å². The molecule has 4 rings (SSSR count). The van der Waals surface area contributed by atoms with Crippen LogP contribution in [0.3, 0.4) is 0 Å². The summed E-state index contributed by atoms with van der Waals surface area (Å²) in [4.78, 5) is 9.14. The molecule has 7 heteroatoms. The molecule has 1 atom stereocenters. The fourth-order valence-corrected chi connectivity index (χ4v) is 3.46. The quantitative estimate of drug-likeness (QED) is 0.511. The number of rotatable bonds is 9. The molecule has 0 amide bonds. The molecule has 166 valence electrons. The molecule has 7 nitrogen and oxygen atoms in total. The number of hydrogen-bond acceptors (Lipinski definition) is 7. The average Bonchev–Trinajstić information content (AvgIpc) is 3.37. The number of nitrogens with zero attached hydrogens (tertiary/aromatic N) is 2. The third-order valence-corrected chi connectivity index (χ3v) is 5.29. The molecule has 1 aliphatic rings. The Kier molecular flexibility index (Phi) is 7.19. The first-order chi connectivity index (χ1) is 15.7. The van der Waals surface area contributed by atoms with Gasteiger partial charge < -0.3 is 24.8 Å². The normalized spacial score (nSPS) is 15.6. The van der Waals surface area contributed by atoms with Crippen molar-refractivity contribution in [2.75, 3.05) is 32.6 Å². The highest BCUT2D eigenvalue weighted by Gasteiger charge is 2.16. The summed E-state index contributed by atoms with van der Waals surface area (Å²) in [5, 5.41) is 6.93. The highest BCUT2D eigenvalue weighted by molar-refractivity contribution is 5.68. The zero-order valence-corrected chi connectivity index (χ0v) is 18.4. The van der Waals surface area contributed by atoms with Crippen LogP contribution in [0.15, 0.2) is 54.7 Å². The second kappa shape index (κ2) is 10.6. The van der Waals surface area contributed by atoms with Gasteiger partial charge in [0.25, 0.3) is 0 Å². The minimum atomic E-state index is 0.443. The topological polar surface area (TPSA) is 77.5 Å². The number of ether oxygens (including phenoxy) is 3. The lowest BCUT2D eigenvalue weighted by atomic mass is 10.2. The summed E-state index contributed by atoms with van der Waals surface area (Å²) in [6.45, 7) is 1.86. The maximum Gasteiger partial charge on any atom is 0.246 e. The van der Waals surface area contributed by atoms with Gasteiger partial charge in [-0.2, -0.15) is 4.98 Å². The predicted octanol–water partition coefficient (Wildman–Crippen LogP) is 4.62. The van der Waals surface area contributed by atoms with Crippen molar-refractivity contribution in [1.82, 2.24) is 15.3 Å². The number of hydrogen-bond donors (Lipinski definition) is 2. The van der Waals surface area contributed by atoms with Crippen LogP contribution >= 0.6 is 0 Å². The molecule has 0 radical (unpaired) electrons. The smallest absolute Gasteiger partial charge is 0.246 e. The number of benzene rings is 2. The second-order valence-electron chi connectivity index (χ2n) is 7.51. The summed E-state index contributed by atoms with van der Waals surface area (Å²) in [5.74, 6) is 3.32. The lowest BCUT2D eigenvalue weighted by molar-refractivity contribution is 0.412. The first kappa shape index (κ1) is 21.6. The van der Waals surface area contributed by atoms with Gasteiger partial charge in [-0.05, 0) is 67.4 Å². The number of methoxy groups -OCH3 is 2. The van der Waals surface area contributed by atoms with Crippen molar-refractivity contribution in [1.29, 1.82) is 0 Å². The van der Waals surface area contributed by atoms with Crippen molar-refractivity contribution in [2.24, 2.45) is 0 Å². The maximum atomic E-state index is 6.11. The molecule has 1 saturated heterocycles. The molecule has 3 aromatic rings. The van der Waals surface area contributed by atoms with E-state index < -0.39 is 0 Å². The zero-order chi connectivity index (χ0) is 22.2. The lowest BCUT2D eigenvalue weighted by Gasteiger charge is -2.15. The fourth-order valence-electron chi connectivity index (χ4n) is 3.46. The van der Waals surface area contributed by atoms with E-state index in [1.807, 2.05) is 60.7 Å². The highest BCUT2D eigenvalue weighted by Crippen LogP contribution is 2.29. The molecule has 0 unspecified atom stereocenters. The Morgan fingerprint density at radius 2 is 1.66 bits per heavy atom. The van der Waals surface area contributed by atoms with Gasteiger partial charge in [0, 0.05) is 12.6 Å². The molecule has 0 bridgehead atoms. The van der Waals surface area contributed by atoms with Crippen molar-refractivity contribution in [3.8, 4) is 23.1 Å². The van der Waals surface area contributed by atoms with Crippen molar-refractivity contribution >= 4 is 17.8 Å². The van der Waals surface area contributed by atoms with Crippen molar-refractivity contribution in [3.63, 3.8) is 0 Å². The minimum Gasteiger partial charge on any atom is -0.497 e. The molecule has 2 N–H and O–H groups in total. The largest absolute Gasteiger partial charge is 0.497 e. The summed E-state index contributed by atoms with van der Waals surface area (Å²) in [6.07, 6.45) is 7.96. The Bertz CT molecular complexity index is 1030. The first-order valence-corrected chi connectivity index (χ1v) is 10.7. The molecular weight excluding hydrogens is 404 g/mol. The predicted molar refractivity (Wildman–Crippen MR) is 127 cm³/mol. The van der Waals surface area contributed by atoms with Crippen LogP contribution in [-0.2, 0) is 0 Å². The Morgan fingerprint density at radius 3 is 2.31 bits per heavy atom. The maximum absolute atomic E-state index is 6.11. The zero-order valence-electron chi connectivity index (χ0n) is 18.4. The highest BCUT2D eigenvalue weighted by atomic mass is 16.5. The van der Waals surface area contributed by atoms with Gasteiger partial charge >= 0.3 is 0 Å². The minimum absolute atomic E-state index is 0.443. The van der Waals surface area contributed by atoms with Gasteiger partial charge in [-0.1, -0.05) is 18.2 Å². The third-order valence-electron chi connectivity index (χ3n) is 5.29. The number of nitrogens with one attached hydrogen (secondary N) is 2.